The number of benzene rings is 2. The lowest BCUT2D eigenvalue weighted by Gasteiger charge is -2.06. The van der Waals surface area contributed by atoms with Gasteiger partial charge in [-0.3, -0.25) is 50.4 Å². The van der Waals surface area contributed by atoms with Gasteiger partial charge in [-0.25, -0.2) is 0 Å². The molecule has 0 bridgehead atoms. The van der Waals surface area contributed by atoms with Crippen molar-refractivity contribution >= 4 is 22.7 Å². The predicted octanol–water partition coefficient (Wildman–Crippen LogP) is 2.85. The molecule has 0 radical (unpaired) electrons. The van der Waals surface area contributed by atoms with Crippen LogP contribution >= 0.6 is 0 Å². The Labute approximate surface area is 174 Å². The summed E-state index contributed by atoms with van der Waals surface area (Å²) in [5, 5.41) is 63.7. The molecule has 0 aliphatic rings. The third kappa shape index (κ3) is 3.77. The van der Waals surface area contributed by atoms with E-state index in [2.05, 4.69) is 9.97 Å². The van der Waals surface area contributed by atoms with E-state index in [4.69, 9.17) is 0 Å². The quantitative estimate of drug-likeness (QED) is 0.412. The summed E-state index contributed by atoms with van der Waals surface area (Å²) in [6, 6.07) is 3.34. The Morgan fingerprint density at radius 2 is 0.812 bits per heavy atom. The lowest BCUT2D eigenvalue weighted by molar-refractivity contribution is -0.396. The zero-order valence-corrected chi connectivity index (χ0v) is 15.3. The Morgan fingerprint density at radius 3 is 1.00 bits per heavy atom. The van der Waals surface area contributed by atoms with Crippen molar-refractivity contribution < 1.29 is 29.9 Å². The Balaban J connectivity index is 2.12. The Hall–Kier alpha value is -5.28. The van der Waals surface area contributed by atoms with E-state index in [0.717, 1.165) is 36.7 Å². The van der Waals surface area contributed by atoms with Crippen molar-refractivity contribution in [3.63, 3.8) is 0 Å². The first kappa shape index (κ1) is 21.4. The number of hydrogen-bond donors (Lipinski definition) is 2. The van der Waals surface area contributed by atoms with Crippen LogP contribution in [-0.4, -0.2) is 39.9 Å². The summed E-state index contributed by atoms with van der Waals surface area (Å²) in [4.78, 5) is 48.1. The van der Waals surface area contributed by atoms with Crippen molar-refractivity contribution in [2.75, 3.05) is 0 Å². The van der Waals surface area contributed by atoms with Gasteiger partial charge in [-0.15, -0.1) is 0 Å². The standard InChI is InChI=1S/C16H8N6O10/c23-15-11(19(25)26)1-7(2-12(15)20(27)28)9-5-18-10(6-17-9)8-3-13(21(29)30)16(24)14(4-8)22(31)32/h1-6,23-24H. The van der Waals surface area contributed by atoms with Crippen LogP contribution in [0.5, 0.6) is 11.5 Å². The lowest BCUT2D eigenvalue weighted by atomic mass is 10.1. The van der Waals surface area contributed by atoms with Crippen LogP contribution in [0.1, 0.15) is 0 Å². The normalized spacial score (nSPS) is 10.5. The molecule has 0 atom stereocenters. The molecule has 2 aromatic carbocycles. The maximum absolute atomic E-state index is 11.1. The minimum atomic E-state index is -1.14. The third-order valence-corrected chi connectivity index (χ3v) is 4.17. The number of nitro groups is 4. The van der Waals surface area contributed by atoms with Crippen LogP contribution in [0, 0.1) is 40.5 Å². The van der Waals surface area contributed by atoms with Gasteiger partial charge >= 0.3 is 22.7 Å². The van der Waals surface area contributed by atoms with Gasteiger partial charge < -0.3 is 10.2 Å². The molecule has 32 heavy (non-hydrogen) atoms. The first-order valence-electron chi connectivity index (χ1n) is 8.15. The van der Waals surface area contributed by atoms with Gasteiger partial charge in [0, 0.05) is 35.4 Å². The van der Waals surface area contributed by atoms with Crippen molar-refractivity contribution in [3.05, 3.63) is 77.1 Å². The summed E-state index contributed by atoms with van der Waals surface area (Å²) in [6.07, 6.45) is 2.03. The smallest absolute Gasteiger partial charge is 0.318 e. The molecule has 0 amide bonds. The second kappa shape index (κ2) is 7.86. The minimum Gasteiger partial charge on any atom is -0.497 e. The summed E-state index contributed by atoms with van der Waals surface area (Å²) in [5.41, 5.74) is -4.22. The molecule has 0 aliphatic heterocycles. The van der Waals surface area contributed by atoms with Gasteiger partial charge in [0.15, 0.2) is 0 Å². The summed E-state index contributed by atoms with van der Waals surface area (Å²) in [7, 11) is 0. The van der Waals surface area contributed by atoms with E-state index in [1.807, 2.05) is 0 Å². The zero-order valence-electron chi connectivity index (χ0n) is 15.3. The molecule has 16 nitrogen and oxygen atoms in total. The van der Waals surface area contributed by atoms with Crippen LogP contribution < -0.4 is 0 Å². The molecule has 2 N–H and O–H groups in total. The molecule has 0 saturated heterocycles. The highest BCUT2D eigenvalue weighted by Crippen LogP contribution is 2.41. The van der Waals surface area contributed by atoms with Gasteiger partial charge in [0.05, 0.1) is 43.5 Å². The molecular weight excluding hydrogens is 436 g/mol. The van der Waals surface area contributed by atoms with Crippen molar-refractivity contribution in [2.24, 2.45) is 0 Å². The van der Waals surface area contributed by atoms with Crippen molar-refractivity contribution in [2.45, 2.75) is 0 Å². The average molecular weight is 444 g/mol. The molecule has 1 heterocycles. The van der Waals surface area contributed by atoms with Gasteiger partial charge in [0.1, 0.15) is 0 Å². The molecule has 16 heteroatoms. The van der Waals surface area contributed by atoms with Gasteiger partial charge in [-0.2, -0.15) is 0 Å². The number of aromatic hydroxyl groups is 2. The lowest BCUT2D eigenvalue weighted by Crippen LogP contribution is -1.98. The van der Waals surface area contributed by atoms with Gasteiger partial charge in [0.2, 0.25) is 0 Å². The Morgan fingerprint density at radius 1 is 0.562 bits per heavy atom. The van der Waals surface area contributed by atoms with Crippen molar-refractivity contribution in [3.8, 4) is 34.0 Å². The third-order valence-electron chi connectivity index (χ3n) is 4.17. The fourth-order valence-corrected chi connectivity index (χ4v) is 2.69. The van der Waals surface area contributed by atoms with E-state index in [0.29, 0.717) is 0 Å². The van der Waals surface area contributed by atoms with Crippen LogP contribution in [-0.2, 0) is 0 Å². The van der Waals surface area contributed by atoms with Crippen molar-refractivity contribution in [1.82, 2.24) is 9.97 Å². The Bertz CT molecular complexity index is 1140. The van der Waals surface area contributed by atoms with E-state index < -0.39 is 53.9 Å². The summed E-state index contributed by atoms with van der Waals surface area (Å²) >= 11 is 0. The van der Waals surface area contributed by atoms with E-state index in [9.17, 15) is 50.7 Å². The molecule has 3 aromatic rings. The van der Waals surface area contributed by atoms with Crippen LogP contribution in [0.4, 0.5) is 22.7 Å². The average Bonchev–Trinajstić information content (AvgIpc) is 2.73. The number of phenolic OH excluding ortho intramolecular Hbond substituents is 2. The second-order valence-corrected chi connectivity index (χ2v) is 6.04. The number of aromatic nitrogens is 2. The number of phenols is 2. The molecule has 1 aromatic heterocycles. The largest absolute Gasteiger partial charge is 0.497 e. The number of nitro benzene ring substituents is 4. The summed E-state index contributed by atoms with van der Waals surface area (Å²) < 4.78 is 0. The zero-order chi connectivity index (χ0) is 23.7. The second-order valence-electron chi connectivity index (χ2n) is 6.04. The van der Waals surface area contributed by atoms with Gasteiger partial charge in [-0.05, 0) is 0 Å². The number of rotatable bonds is 6. The van der Waals surface area contributed by atoms with Gasteiger partial charge in [-0.1, -0.05) is 0 Å². The molecular formula is C16H8N6O10. The summed E-state index contributed by atoms with van der Waals surface area (Å²) in [6.45, 7) is 0. The van der Waals surface area contributed by atoms with E-state index in [1.165, 1.54) is 0 Å². The fraction of sp³-hybridized carbons (Fsp3) is 0. The highest BCUT2D eigenvalue weighted by Gasteiger charge is 2.28. The van der Waals surface area contributed by atoms with E-state index >= 15 is 0 Å². The highest BCUT2D eigenvalue weighted by molar-refractivity contribution is 5.75. The van der Waals surface area contributed by atoms with E-state index in [1.54, 1.807) is 0 Å². The molecule has 0 fully saturated rings. The topological polar surface area (TPSA) is 239 Å². The molecule has 0 aliphatic carbocycles. The molecule has 0 unspecified atom stereocenters. The van der Waals surface area contributed by atoms with E-state index in [-0.39, 0.29) is 22.5 Å². The Kier molecular flexibility index (Phi) is 5.26. The monoisotopic (exact) mass is 444 g/mol. The fourth-order valence-electron chi connectivity index (χ4n) is 2.69. The van der Waals surface area contributed by atoms with Crippen molar-refractivity contribution in [1.29, 1.82) is 0 Å². The molecule has 0 spiro atoms. The van der Waals surface area contributed by atoms with Crippen LogP contribution in [0.2, 0.25) is 0 Å². The van der Waals surface area contributed by atoms with Gasteiger partial charge in [0.25, 0.3) is 11.5 Å². The highest BCUT2D eigenvalue weighted by atomic mass is 16.6. The minimum absolute atomic E-state index is 0.0947. The number of nitrogens with zero attached hydrogens (tertiary/aromatic N) is 6. The first-order chi connectivity index (χ1) is 15.0. The molecule has 3 rings (SSSR count). The molecule has 162 valence electrons. The maximum atomic E-state index is 11.1. The number of hydrogen-bond acceptors (Lipinski definition) is 12. The summed E-state index contributed by atoms with van der Waals surface area (Å²) in [5.74, 6) is -2.28. The predicted molar refractivity (Wildman–Crippen MR) is 103 cm³/mol. The maximum Gasteiger partial charge on any atom is 0.318 e. The van der Waals surface area contributed by atoms with Crippen LogP contribution in [0.15, 0.2) is 36.7 Å². The van der Waals surface area contributed by atoms with Crippen LogP contribution in [0.25, 0.3) is 22.5 Å². The molecule has 0 saturated carbocycles. The first-order valence-corrected chi connectivity index (χ1v) is 8.15. The SMILES string of the molecule is O=[N+]([O-])c1cc(-c2cnc(-c3cc([N+](=O)[O-])c(O)c([N+](=O)[O-])c3)cn2)cc([N+](=O)[O-])c1O. The van der Waals surface area contributed by atoms with Crippen LogP contribution in [0.3, 0.4) is 0 Å².